The van der Waals surface area contributed by atoms with Crippen LogP contribution in [0.25, 0.3) is 0 Å². The number of rotatable bonds is 0. The van der Waals surface area contributed by atoms with E-state index in [1.54, 1.807) is 0 Å². The second-order valence-electron chi connectivity index (χ2n) is 5.91. The minimum Gasteiger partial charge on any atom is -0.422 e. The summed E-state index contributed by atoms with van der Waals surface area (Å²) in [6, 6.07) is 2.46. The Morgan fingerprint density at radius 1 is 1.60 bits per heavy atom. The average molecular weight is 273 g/mol. The maximum Gasteiger partial charge on any atom is 0.244 e. The van der Waals surface area contributed by atoms with Crippen LogP contribution < -0.4 is 10.5 Å². The van der Waals surface area contributed by atoms with Gasteiger partial charge in [0, 0.05) is 29.8 Å². The molecule has 6 nitrogen and oxygen atoms in total. The molecule has 1 aromatic rings. The zero-order chi connectivity index (χ0) is 14.5. The minimum absolute atomic E-state index is 0.172. The van der Waals surface area contributed by atoms with Gasteiger partial charge in [0.2, 0.25) is 5.88 Å². The van der Waals surface area contributed by atoms with Gasteiger partial charge in [0.05, 0.1) is 12.0 Å². The molecule has 6 heteroatoms. The molecule has 0 radical (unpaired) electrons. The third-order valence-corrected chi connectivity index (χ3v) is 4.57. The van der Waals surface area contributed by atoms with Crippen molar-refractivity contribution in [3.8, 4) is 11.9 Å². The lowest BCUT2D eigenvalue weighted by Crippen LogP contribution is -2.54. The molecule has 2 aliphatic rings. The van der Waals surface area contributed by atoms with E-state index in [9.17, 15) is 5.26 Å². The fraction of sp³-hybridized carbons (Fsp3) is 0.571. The fourth-order valence-corrected chi connectivity index (χ4v) is 3.75. The number of aromatic amines is 1. The number of piperidine rings is 1. The van der Waals surface area contributed by atoms with E-state index < -0.39 is 5.41 Å². The molecule has 0 bridgehead atoms. The summed E-state index contributed by atoms with van der Waals surface area (Å²) in [7, 11) is 2.04. The molecule has 1 aromatic heterocycles. The second kappa shape index (κ2) is 4.25. The number of fused-ring (bicyclic) bond motifs is 2. The van der Waals surface area contributed by atoms with E-state index >= 15 is 0 Å². The Kier molecular flexibility index (Phi) is 2.76. The fourth-order valence-electron chi connectivity index (χ4n) is 3.75. The van der Waals surface area contributed by atoms with Crippen LogP contribution in [0.5, 0.6) is 5.88 Å². The first kappa shape index (κ1) is 13.0. The van der Waals surface area contributed by atoms with Crippen molar-refractivity contribution in [2.75, 3.05) is 20.1 Å². The Bertz CT molecular complexity index is 614. The lowest BCUT2D eigenvalue weighted by molar-refractivity contribution is 0.105. The number of likely N-dealkylation sites (tertiary alicyclic amines) is 1. The van der Waals surface area contributed by atoms with Gasteiger partial charge in [-0.05, 0) is 26.0 Å². The summed E-state index contributed by atoms with van der Waals surface area (Å²) >= 11 is 0. The van der Waals surface area contributed by atoms with Gasteiger partial charge in [-0.15, -0.1) is 5.10 Å². The topological polar surface area (TPSA) is 91.0 Å². The van der Waals surface area contributed by atoms with Crippen molar-refractivity contribution < 1.29 is 4.74 Å². The highest BCUT2D eigenvalue weighted by Crippen LogP contribution is 2.50. The first-order chi connectivity index (χ1) is 9.49. The van der Waals surface area contributed by atoms with Crippen LogP contribution in [0.2, 0.25) is 0 Å². The Morgan fingerprint density at radius 3 is 3.05 bits per heavy atom. The van der Waals surface area contributed by atoms with Crippen LogP contribution in [0.15, 0.2) is 12.0 Å². The third kappa shape index (κ3) is 1.56. The van der Waals surface area contributed by atoms with Crippen molar-refractivity contribution in [3.63, 3.8) is 0 Å². The van der Waals surface area contributed by atoms with E-state index in [1.807, 2.05) is 20.0 Å². The van der Waals surface area contributed by atoms with Crippen molar-refractivity contribution in [2.24, 2.45) is 17.6 Å². The number of aryl methyl sites for hydroxylation is 1. The van der Waals surface area contributed by atoms with Crippen molar-refractivity contribution in [3.05, 3.63) is 23.2 Å². The van der Waals surface area contributed by atoms with Crippen molar-refractivity contribution >= 4 is 0 Å². The SMILES string of the molecule is Cc1[nH]nc2c1C1(C=C(N)O2)C(C)CN(C)CC1C#N. The summed E-state index contributed by atoms with van der Waals surface area (Å²) in [5, 5.41) is 16.8. The number of nitriles is 1. The highest BCUT2D eigenvalue weighted by atomic mass is 16.5. The molecule has 1 spiro atoms. The zero-order valence-corrected chi connectivity index (χ0v) is 12.0. The number of hydrogen-bond donors (Lipinski definition) is 2. The van der Waals surface area contributed by atoms with E-state index in [1.165, 1.54) is 0 Å². The molecule has 3 N–H and O–H groups in total. The Hall–Kier alpha value is -2.00. The van der Waals surface area contributed by atoms with Gasteiger partial charge in [0.15, 0.2) is 5.88 Å². The standard InChI is InChI=1S/C14H19N5O/c1-8-6-19(3)7-10(5-15)14(8)4-11(16)20-13-12(14)9(2)17-18-13/h4,8,10H,6-7,16H2,1-3H3,(H,17,18). The summed E-state index contributed by atoms with van der Waals surface area (Å²) in [5.74, 6) is 0.928. The number of aromatic nitrogens is 2. The molecule has 1 fully saturated rings. The van der Waals surface area contributed by atoms with Crippen molar-refractivity contribution in [1.82, 2.24) is 15.1 Å². The van der Waals surface area contributed by atoms with E-state index in [4.69, 9.17) is 10.5 Å². The molecule has 3 unspecified atom stereocenters. The van der Waals surface area contributed by atoms with E-state index in [2.05, 4.69) is 28.1 Å². The van der Waals surface area contributed by atoms with Gasteiger partial charge in [0.1, 0.15) is 0 Å². The maximum absolute atomic E-state index is 9.67. The predicted octanol–water partition coefficient (Wildman–Crippen LogP) is 0.870. The number of nitrogens with zero attached hydrogens (tertiary/aromatic N) is 3. The monoisotopic (exact) mass is 273 g/mol. The van der Waals surface area contributed by atoms with Gasteiger partial charge in [-0.1, -0.05) is 6.92 Å². The van der Waals surface area contributed by atoms with Crippen LogP contribution in [0.1, 0.15) is 18.2 Å². The first-order valence-corrected chi connectivity index (χ1v) is 6.78. The average Bonchev–Trinajstić information content (AvgIpc) is 2.75. The molecule has 0 aromatic carbocycles. The minimum atomic E-state index is -0.421. The normalized spacial score (nSPS) is 33.2. The Morgan fingerprint density at radius 2 is 2.35 bits per heavy atom. The molecule has 20 heavy (non-hydrogen) atoms. The van der Waals surface area contributed by atoms with E-state index in [0.717, 1.165) is 17.8 Å². The quantitative estimate of drug-likeness (QED) is 0.732. The van der Waals surface area contributed by atoms with Crippen LogP contribution in [-0.4, -0.2) is 35.2 Å². The summed E-state index contributed by atoms with van der Waals surface area (Å²) < 4.78 is 5.52. The van der Waals surface area contributed by atoms with Gasteiger partial charge < -0.3 is 15.4 Å². The van der Waals surface area contributed by atoms with Gasteiger partial charge in [-0.3, -0.25) is 5.10 Å². The van der Waals surface area contributed by atoms with Crippen LogP contribution >= 0.6 is 0 Å². The summed E-state index contributed by atoms with van der Waals surface area (Å²) in [6.45, 7) is 5.75. The molecule has 3 rings (SSSR count). The highest BCUT2D eigenvalue weighted by molar-refractivity contribution is 5.48. The largest absolute Gasteiger partial charge is 0.422 e. The third-order valence-electron chi connectivity index (χ3n) is 4.57. The lowest BCUT2D eigenvalue weighted by Gasteiger charge is -2.48. The summed E-state index contributed by atoms with van der Waals surface area (Å²) in [4.78, 5) is 2.19. The number of allylic oxidation sites excluding steroid dienone is 1. The highest BCUT2D eigenvalue weighted by Gasteiger charge is 2.52. The second-order valence-corrected chi connectivity index (χ2v) is 5.91. The number of hydrogen-bond acceptors (Lipinski definition) is 5. The van der Waals surface area contributed by atoms with Gasteiger partial charge in [-0.25, -0.2) is 0 Å². The van der Waals surface area contributed by atoms with E-state index in [-0.39, 0.29) is 11.8 Å². The van der Waals surface area contributed by atoms with Gasteiger partial charge in [0.25, 0.3) is 0 Å². The van der Waals surface area contributed by atoms with Crippen LogP contribution in [0.3, 0.4) is 0 Å². The first-order valence-electron chi connectivity index (χ1n) is 6.78. The smallest absolute Gasteiger partial charge is 0.244 e. The zero-order valence-electron chi connectivity index (χ0n) is 12.0. The number of nitrogens with one attached hydrogen (secondary N) is 1. The van der Waals surface area contributed by atoms with Crippen LogP contribution in [-0.2, 0) is 5.41 Å². The molecule has 3 heterocycles. The Labute approximate surface area is 118 Å². The van der Waals surface area contributed by atoms with E-state index in [0.29, 0.717) is 18.3 Å². The van der Waals surface area contributed by atoms with Gasteiger partial charge >= 0.3 is 0 Å². The maximum atomic E-state index is 9.67. The molecule has 1 saturated heterocycles. The molecular formula is C14H19N5O. The number of ether oxygens (including phenoxy) is 1. The Balaban J connectivity index is 2.24. The van der Waals surface area contributed by atoms with Crippen molar-refractivity contribution in [1.29, 1.82) is 5.26 Å². The van der Waals surface area contributed by atoms with Gasteiger partial charge in [-0.2, -0.15) is 5.26 Å². The number of H-pyrrole nitrogens is 1. The predicted molar refractivity (Wildman–Crippen MR) is 73.7 cm³/mol. The summed E-state index contributed by atoms with van der Waals surface area (Å²) in [6.07, 6.45) is 1.92. The molecule has 2 aliphatic heterocycles. The molecule has 0 saturated carbocycles. The number of nitrogens with two attached hydrogens (primary N) is 1. The molecule has 0 amide bonds. The molecule has 0 aliphatic carbocycles. The van der Waals surface area contributed by atoms with Crippen LogP contribution in [0, 0.1) is 30.1 Å². The van der Waals surface area contributed by atoms with Crippen molar-refractivity contribution in [2.45, 2.75) is 19.3 Å². The molecule has 106 valence electrons. The van der Waals surface area contributed by atoms with Crippen LogP contribution in [0.4, 0.5) is 0 Å². The lowest BCUT2D eigenvalue weighted by atomic mass is 9.60. The molecule has 3 atom stereocenters. The molecular weight excluding hydrogens is 254 g/mol. The summed E-state index contributed by atoms with van der Waals surface area (Å²) in [5.41, 5.74) is 7.45.